The van der Waals surface area contributed by atoms with Gasteiger partial charge in [-0.25, -0.2) is 4.90 Å². The quantitative estimate of drug-likeness (QED) is 0.490. The highest BCUT2D eigenvalue weighted by molar-refractivity contribution is 6.43. The molecule has 0 unspecified atom stereocenters. The molecule has 120 valence electrons. The number of nitrogens with zero attached hydrogens (tertiary/aromatic N) is 2. The molecular weight excluding hydrogens is 312 g/mol. The van der Waals surface area contributed by atoms with Crippen molar-refractivity contribution in [3.05, 3.63) is 70.3 Å². The summed E-state index contributed by atoms with van der Waals surface area (Å²) in [5.41, 5.74) is 1.00. The molecule has 0 atom stereocenters. The molecule has 0 radical (unpaired) electrons. The minimum Gasteiger partial charge on any atom is -0.497 e. The van der Waals surface area contributed by atoms with Crippen molar-refractivity contribution in [2.24, 2.45) is 0 Å². The fraction of sp³-hybridized carbons (Fsp3) is 0.0588. The maximum absolute atomic E-state index is 12.6. The van der Waals surface area contributed by atoms with Gasteiger partial charge in [0.1, 0.15) is 5.75 Å². The second-order valence-corrected chi connectivity index (χ2v) is 5.04. The lowest BCUT2D eigenvalue weighted by molar-refractivity contribution is -0.384. The van der Waals surface area contributed by atoms with E-state index >= 15 is 0 Å². The molecule has 0 aliphatic carbocycles. The van der Waals surface area contributed by atoms with Crippen molar-refractivity contribution < 1.29 is 19.2 Å². The van der Waals surface area contributed by atoms with E-state index in [1.165, 1.54) is 37.5 Å². The molecule has 0 bridgehead atoms. The van der Waals surface area contributed by atoms with Crippen LogP contribution >= 0.6 is 0 Å². The summed E-state index contributed by atoms with van der Waals surface area (Å²) in [5, 5.41) is 10.7. The van der Waals surface area contributed by atoms with Crippen molar-refractivity contribution in [2.75, 3.05) is 12.0 Å². The van der Waals surface area contributed by atoms with E-state index in [0.29, 0.717) is 17.0 Å². The van der Waals surface area contributed by atoms with E-state index in [1.807, 2.05) is 0 Å². The smallest absolute Gasteiger partial charge is 0.269 e. The molecule has 2 amide bonds. The van der Waals surface area contributed by atoms with Crippen molar-refractivity contribution in [3.8, 4) is 5.75 Å². The number of rotatable bonds is 4. The van der Waals surface area contributed by atoms with Gasteiger partial charge >= 0.3 is 0 Å². The van der Waals surface area contributed by atoms with Crippen molar-refractivity contribution in [1.29, 1.82) is 0 Å². The molecule has 2 aromatic carbocycles. The zero-order chi connectivity index (χ0) is 17.3. The maximum Gasteiger partial charge on any atom is 0.269 e. The molecule has 3 rings (SSSR count). The van der Waals surface area contributed by atoms with Crippen LogP contribution in [0.15, 0.2) is 54.6 Å². The molecule has 7 nitrogen and oxygen atoms in total. The van der Waals surface area contributed by atoms with Gasteiger partial charge in [0.05, 0.1) is 23.3 Å². The van der Waals surface area contributed by atoms with E-state index in [1.54, 1.807) is 24.3 Å². The molecular formula is C17H12N2O5. The van der Waals surface area contributed by atoms with E-state index in [0.717, 1.165) is 4.90 Å². The Hall–Kier alpha value is -3.48. The first-order valence-corrected chi connectivity index (χ1v) is 7.00. The lowest BCUT2D eigenvalue weighted by atomic mass is 10.1. The van der Waals surface area contributed by atoms with Crippen molar-refractivity contribution >= 4 is 28.8 Å². The van der Waals surface area contributed by atoms with E-state index in [9.17, 15) is 19.7 Å². The van der Waals surface area contributed by atoms with Gasteiger partial charge in [0.2, 0.25) is 0 Å². The Labute approximate surface area is 136 Å². The summed E-state index contributed by atoms with van der Waals surface area (Å²) in [6.45, 7) is 0. The molecule has 0 saturated heterocycles. The summed E-state index contributed by atoms with van der Waals surface area (Å²) >= 11 is 0. The number of non-ortho nitro benzene ring substituents is 1. The van der Waals surface area contributed by atoms with Gasteiger partial charge in [-0.05, 0) is 42.0 Å². The zero-order valence-electron chi connectivity index (χ0n) is 12.6. The summed E-state index contributed by atoms with van der Waals surface area (Å²) in [5.74, 6) is -0.320. The highest BCUT2D eigenvalue weighted by Crippen LogP contribution is 2.30. The predicted molar refractivity (Wildman–Crippen MR) is 86.6 cm³/mol. The maximum atomic E-state index is 12.6. The van der Waals surface area contributed by atoms with E-state index in [2.05, 4.69) is 0 Å². The molecule has 1 aliphatic rings. The molecule has 24 heavy (non-hydrogen) atoms. The van der Waals surface area contributed by atoms with Gasteiger partial charge in [0.15, 0.2) is 0 Å². The Morgan fingerprint density at radius 2 is 1.62 bits per heavy atom. The number of nitro benzene ring substituents is 1. The Morgan fingerprint density at radius 1 is 1.00 bits per heavy atom. The Kier molecular flexibility index (Phi) is 3.83. The van der Waals surface area contributed by atoms with E-state index < -0.39 is 16.7 Å². The molecule has 0 N–H and O–H groups in total. The fourth-order valence-corrected chi connectivity index (χ4v) is 2.42. The van der Waals surface area contributed by atoms with Crippen LogP contribution in [0.3, 0.4) is 0 Å². The number of anilines is 1. The van der Waals surface area contributed by atoms with E-state index in [-0.39, 0.29) is 11.3 Å². The first kappa shape index (κ1) is 15.4. The van der Waals surface area contributed by atoms with Crippen LogP contribution in [0.1, 0.15) is 5.56 Å². The number of hydrogen-bond acceptors (Lipinski definition) is 5. The van der Waals surface area contributed by atoms with Crippen LogP contribution < -0.4 is 9.64 Å². The molecule has 1 aliphatic heterocycles. The summed E-state index contributed by atoms with van der Waals surface area (Å²) in [7, 11) is 1.52. The largest absolute Gasteiger partial charge is 0.497 e. The van der Waals surface area contributed by atoms with Crippen LogP contribution in [0.25, 0.3) is 5.57 Å². The third-order valence-corrected chi connectivity index (χ3v) is 3.64. The highest BCUT2D eigenvalue weighted by Gasteiger charge is 2.33. The lowest BCUT2D eigenvalue weighted by Crippen LogP contribution is -2.30. The van der Waals surface area contributed by atoms with Crippen LogP contribution in [0, 0.1) is 10.1 Å². The standard InChI is InChI=1S/C17H12N2O5/c1-24-14-8-6-12(7-9-14)18-16(20)10-15(17(18)21)11-2-4-13(5-3-11)19(22)23/h2-10H,1H3. The fourth-order valence-electron chi connectivity index (χ4n) is 2.42. The minimum atomic E-state index is -0.524. The topological polar surface area (TPSA) is 89.8 Å². The minimum absolute atomic E-state index is 0.0804. The predicted octanol–water partition coefficient (Wildman–Crippen LogP) is 2.56. The average molecular weight is 324 g/mol. The Morgan fingerprint density at radius 3 is 2.17 bits per heavy atom. The molecule has 1 heterocycles. The summed E-state index contributed by atoms with van der Waals surface area (Å²) in [6, 6.07) is 12.0. The number of imide groups is 1. The van der Waals surface area contributed by atoms with Crippen molar-refractivity contribution in [2.45, 2.75) is 0 Å². The molecule has 2 aromatic rings. The number of methoxy groups -OCH3 is 1. The van der Waals surface area contributed by atoms with Crippen LogP contribution in [0.5, 0.6) is 5.75 Å². The summed E-state index contributed by atoms with van der Waals surface area (Å²) < 4.78 is 5.05. The van der Waals surface area contributed by atoms with Gasteiger partial charge in [0.25, 0.3) is 17.5 Å². The molecule has 0 fully saturated rings. The van der Waals surface area contributed by atoms with Gasteiger partial charge in [-0.2, -0.15) is 0 Å². The molecule has 7 heteroatoms. The number of amides is 2. The molecule has 0 aromatic heterocycles. The van der Waals surface area contributed by atoms with Crippen LogP contribution in [-0.2, 0) is 9.59 Å². The van der Waals surface area contributed by atoms with Gasteiger partial charge in [-0.3, -0.25) is 19.7 Å². The summed E-state index contributed by atoms with van der Waals surface area (Å²) in [4.78, 5) is 36.0. The third kappa shape index (κ3) is 2.63. The Bertz CT molecular complexity index is 854. The zero-order valence-corrected chi connectivity index (χ0v) is 12.6. The normalized spacial score (nSPS) is 13.9. The second kappa shape index (κ2) is 5.96. The van der Waals surface area contributed by atoms with Crippen LogP contribution in [0.4, 0.5) is 11.4 Å². The number of carbonyl (C=O) groups is 2. The van der Waals surface area contributed by atoms with Gasteiger partial charge < -0.3 is 4.74 Å². The van der Waals surface area contributed by atoms with Crippen LogP contribution in [-0.4, -0.2) is 23.8 Å². The average Bonchev–Trinajstić information content (AvgIpc) is 2.89. The number of hydrogen-bond donors (Lipinski definition) is 0. The lowest BCUT2D eigenvalue weighted by Gasteiger charge is -2.15. The monoisotopic (exact) mass is 324 g/mol. The molecule has 0 saturated carbocycles. The number of benzene rings is 2. The molecule has 0 spiro atoms. The first-order chi connectivity index (χ1) is 11.5. The summed E-state index contributed by atoms with van der Waals surface area (Å²) in [6.07, 6.45) is 1.23. The van der Waals surface area contributed by atoms with Gasteiger partial charge in [-0.15, -0.1) is 0 Å². The number of carbonyl (C=O) groups excluding carboxylic acids is 2. The van der Waals surface area contributed by atoms with Gasteiger partial charge in [-0.1, -0.05) is 0 Å². The van der Waals surface area contributed by atoms with Crippen LogP contribution in [0.2, 0.25) is 0 Å². The second-order valence-electron chi connectivity index (χ2n) is 5.04. The number of nitro groups is 1. The Balaban J connectivity index is 1.89. The van der Waals surface area contributed by atoms with Crippen molar-refractivity contribution in [3.63, 3.8) is 0 Å². The van der Waals surface area contributed by atoms with Crippen molar-refractivity contribution in [1.82, 2.24) is 0 Å². The third-order valence-electron chi connectivity index (χ3n) is 3.64. The number of ether oxygens (including phenoxy) is 1. The highest BCUT2D eigenvalue weighted by atomic mass is 16.6. The van der Waals surface area contributed by atoms with E-state index in [4.69, 9.17) is 4.74 Å². The van der Waals surface area contributed by atoms with Gasteiger partial charge in [0, 0.05) is 18.2 Å². The SMILES string of the molecule is COc1ccc(N2C(=O)C=C(c3ccc([N+](=O)[O-])cc3)C2=O)cc1. The first-order valence-electron chi connectivity index (χ1n) is 7.00.